The van der Waals surface area contributed by atoms with Crippen molar-refractivity contribution in [3.63, 3.8) is 0 Å². The molecule has 2 aromatic carbocycles. The molecule has 0 bridgehead atoms. The Morgan fingerprint density at radius 1 is 1.04 bits per heavy atom. The molecule has 0 aliphatic heterocycles. The highest BCUT2D eigenvalue weighted by atomic mass is 19.1. The summed E-state index contributed by atoms with van der Waals surface area (Å²) in [6.45, 7) is 1.41. The van der Waals surface area contributed by atoms with Crippen LogP contribution in [0.3, 0.4) is 0 Å². The Kier molecular flexibility index (Phi) is 6.41. The molecule has 0 amide bonds. The van der Waals surface area contributed by atoms with Crippen LogP contribution in [0.2, 0.25) is 0 Å². The molecular formula is C19H24FNO2. The van der Waals surface area contributed by atoms with E-state index >= 15 is 0 Å². The molecule has 0 radical (unpaired) electrons. The van der Waals surface area contributed by atoms with Gasteiger partial charge in [0.15, 0.2) is 11.5 Å². The van der Waals surface area contributed by atoms with Gasteiger partial charge in [-0.1, -0.05) is 24.3 Å². The first-order chi connectivity index (χ1) is 11.1. The second-order valence-electron chi connectivity index (χ2n) is 5.77. The fraction of sp³-hybridized carbons (Fsp3) is 0.368. The molecule has 0 aromatic heterocycles. The second kappa shape index (κ2) is 8.53. The van der Waals surface area contributed by atoms with E-state index in [1.807, 2.05) is 12.1 Å². The molecule has 0 N–H and O–H groups in total. The van der Waals surface area contributed by atoms with Gasteiger partial charge in [0, 0.05) is 0 Å². The Labute approximate surface area is 137 Å². The maximum atomic E-state index is 13.0. The minimum absolute atomic E-state index is 0.240. The van der Waals surface area contributed by atoms with Crippen molar-refractivity contribution in [2.75, 3.05) is 27.7 Å². The lowest BCUT2D eigenvalue weighted by atomic mass is 10.1. The Morgan fingerprint density at radius 2 is 1.78 bits per heavy atom. The van der Waals surface area contributed by atoms with Crippen molar-refractivity contribution in [3.8, 4) is 11.5 Å². The third-order valence-corrected chi connectivity index (χ3v) is 3.63. The highest BCUT2D eigenvalue weighted by molar-refractivity contribution is 5.46. The highest BCUT2D eigenvalue weighted by Crippen LogP contribution is 2.32. The van der Waals surface area contributed by atoms with Crippen LogP contribution < -0.4 is 9.47 Å². The summed E-state index contributed by atoms with van der Waals surface area (Å²) >= 11 is 0. The standard InChI is InChI=1S/C19H24FNO2/c1-21(2)13-5-7-16-6-4-8-18(22-3)19(16)23-14-15-9-11-17(20)12-10-15/h4,6,8-12H,5,7,13-14H2,1-3H3. The second-order valence-corrected chi connectivity index (χ2v) is 5.77. The number of aryl methyl sites for hydroxylation is 1. The smallest absolute Gasteiger partial charge is 0.164 e. The lowest BCUT2D eigenvalue weighted by molar-refractivity contribution is 0.280. The van der Waals surface area contributed by atoms with Gasteiger partial charge in [-0.3, -0.25) is 0 Å². The van der Waals surface area contributed by atoms with Crippen molar-refractivity contribution in [2.24, 2.45) is 0 Å². The summed E-state index contributed by atoms with van der Waals surface area (Å²) < 4.78 is 24.4. The summed E-state index contributed by atoms with van der Waals surface area (Å²) in [4.78, 5) is 2.17. The van der Waals surface area contributed by atoms with Gasteiger partial charge in [0.25, 0.3) is 0 Å². The Balaban J connectivity index is 2.09. The SMILES string of the molecule is COc1cccc(CCCN(C)C)c1OCc1ccc(F)cc1. The zero-order chi connectivity index (χ0) is 16.7. The number of benzene rings is 2. The van der Waals surface area contributed by atoms with Crippen LogP contribution in [0.15, 0.2) is 42.5 Å². The Morgan fingerprint density at radius 3 is 2.43 bits per heavy atom. The van der Waals surface area contributed by atoms with Crippen LogP contribution in [0.4, 0.5) is 4.39 Å². The van der Waals surface area contributed by atoms with Crippen LogP contribution in [0.5, 0.6) is 11.5 Å². The molecule has 0 atom stereocenters. The molecule has 4 heteroatoms. The molecule has 0 saturated heterocycles. The van der Waals surface area contributed by atoms with Gasteiger partial charge in [0.1, 0.15) is 12.4 Å². The zero-order valence-corrected chi connectivity index (χ0v) is 14.0. The first-order valence-electron chi connectivity index (χ1n) is 7.78. The van der Waals surface area contributed by atoms with Crippen molar-refractivity contribution in [3.05, 3.63) is 59.4 Å². The minimum atomic E-state index is -0.240. The van der Waals surface area contributed by atoms with Crippen LogP contribution in [-0.2, 0) is 13.0 Å². The number of ether oxygens (including phenoxy) is 2. The normalized spacial score (nSPS) is 10.8. The quantitative estimate of drug-likeness (QED) is 0.737. The van der Waals surface area contributed by atoms with Crippen LogP contribution in [0, 0.1) is 5.82 Å². The van der Waals surface area contributed by atoms with Gasteiger partial charge in [-0.05, 0) is 62.8 Å². The Hall–Kier alpha value is -2.07. The fourth-order valence-electron chi connectivity index (χ4n) is 2.40. The monoisotopic (exact) mass is 317 g/mol. The lowest BCUT2D eigenvalue weighted by Crippen LogP contribution is -2.13. The van der Waals surface area contributed by atoms with E-state index in [9.17, 15) is 4.39 Å². The molecule has 0 aliphatic carbocycles. The van der Waals surface area contributed by atoms with Crippen molar-refractivity contribution in [1.82, 2.24) is 4.90 Å². The van der Waals surface area contributed by atoms with E-state index < -0.39 is 0 Å². The largest absolute Gasteiger partial charge is 0.493 e. The summed E-state index contributed by atoms with van der Waals surface area (Å²) in [6, 6.07) is 12.3. The topological polar surface area (TPSA) is 21.7 Å². The van der Waals surface area contributed by atoms with Crippen LogP contribution >= 0.6 is 0 Å². The molecule has 0 spiro atoms. The van der Waals surface area contributed by atoms with Gasteiger partial charge < -0.3 is 14.4 Å². The van der Waals surface area contributed by atoms with E-state index in [2.05, 4.69) is 25.1 Å². The van der Waals surface area contributed by atoms with Crippen molar-refractivity contribution < 1.29 is 13.9 Å². The molecule has 0 saturated carbocycles. The summed E-state index contributed by atoms with van der Waals surface area (Å²) in [6.07, 6.45) is 1.97. The summed E-state index contributed by atoms with van der Waals surface area (Å²) in [7, 11) is 5.78. The van der Waals surface area contributed by atoms with Gasteiger partial charge >= 0.3 is 0 Å². The number of hydrogen-bond acceptors (Lipinski definition) is 3. The molecule has 2 rings (SSSR count). The molecule has 0 fully saturated rings. The van der Waals surface area contributed by atoms with Crippen molar-refractivity contribution in [2.45, 2.75) is 19.4 Å². The maximum Gasteiger partial charge on any atom is 0.164 e. The molecule has 0 unspecified atom stereocenters. The molecule has 124 valence electrons. The molecule has 2 aromatic rings. The van der Waals surface area contributed by atoms with Crippen LogP contribution in [0.1, 0.15) is 17.5 Å². The molecule has 3 nitrogen and oxygen atoms in total. The zero-order valence-electron chi connectivity index (χ0n) is 14.0. The average molecular weight is 317 g/mol. The van der Waals surface area contributed by atoms with E-state index in [1.54, 1.807) is 19.2 Å². The van der Waals surface area contributed by atoms with E-state index in [1.165, 1.54) is 12.1 Å². The van der Waals surface area contributed by atoms with E-state index in [0.29, 0.717) is 6.61 Å². The number of nitrogens with zero attached hydrogens (tertiary/aromatic N) is 1. The Bertz CT molecular complexity index is 611. The predicted octanol–water partition coefficient (Wildman–Crippen LogP) is 3.91. The first kappa shape index (κ1) is 17.3. The first-order valence-corrected chi connectivity index (χ1v) is 7.78. The van der Waals surface area contributed by atoms with E-state index in [-0.39, 0.29) is 5.82 Å². The molecule has 23 heavy (non-hydrogen) atoms. The number of para-hydroxylation sites is 1. The summed E-state index contributed by atoms with van der Waals surface area (Å²) in [5.41, 5.74) is 2.06. The minimum Gasteiger partial charge on any atom is -0.493 e. The number of hydrogen-bond donors (Lipinski definition) is 0. The predicted molar refractivity (Wildman–Crippen MR) is 90.6 cm³/mol. The summed E-state index contributed by atoms with van der Waals surface area (Å²) in [5, 5.41) is 0. The van der Waals surface area contributed by atoms with Crippen molar-refractivity contribution >= 4 is 0 Å². The van der Waals surface area contributed by atoms with Crippen LogP contribution in [-0.4, -0.2) is 32.6 Å². The highest BCUT2D eigenvalue weighted by Gasteiger charge is 2.11. The average Bonchev–Trinajstić information content (AvgIpc) is 2.54. The maximum absolute atomic E-state index is 13.0. The molecule has 0 aliphatic rings. The van der Waals surface area contributed by atoms with Gasteiger partial charge in [-0.15, -0.1) is 0 Å². The third kappa shape index (κ3) is 5.25. The summed E-state index contributed by atoms with van der Waals surface area (Å²) in [5.74, 6) is 1.27. The number of methoxy groups -OCH3 is 1. The lowest BCUT2D eigenvalue weighted by Gasteiger charge is -2.16. The van der Waals surface area contributed by atoms with E-state index in [0.717, 1.165) is 42.0 Å². The van der Waals surface area contributed by atoms with Crippen LogP contribution in [0.25, 0.3) is 0 Å². The van der Waals surface area contributed by atoms with Gasteiger partial charge in [0.2, 0.25) is 0 Å². The number of rotatable bonds is 8. The fourth-order valence-corrected chi connectivity index (χ4v) is 2.40. The molecular weight excluding hydrogens is 293 g/mol. The number of halogens is 1. The third-order valence-electron chi connectivity index (χ3n) is 3.63. The van der Waals surface area contributed by atoms with Crippen molar-refractivity contribution in [1.29, 1.82) is 0 Å². The van der Waals surface area contributed by atoms with Gasteiger partial charge in [-0.25, -0.2) is 4.39 Å². The molecule has 0 heterocycles. The van der Waals surface area contributed by atoms with Gasteiger partial charge in [-0.2, -0.15) is 0 Å². The van der Waals surface area contributed by atoms with Gasteiger partial charge in [0.05, 0.1) is 7.11 Å². The van der Waals surface area contributed by atoms with E-state index in [4.69, 9.17) is 9.47 Å².